The van der Waals surface area contributed by atoms with Crippen molar-refractivity contribution in [3.8, 4) is 0 Å². The molecule has 0 amide bonds. The second-order valence-corrected chi connectivity index (χ2v) is 5.69. The molecule has 1 saturated heterocycles. The summed E-state index contributed by atoms with van der Waals surface area (Å²) in [6.45, 7) is 5.10. The summed E-state index contributed by atoms with van der Waals surface area (Å²) in [7, 11) is 4.26. The molecule has 1 aromatic carbocycles. The molecule has 1 aromatic rings. The second-order valence-electron chi connectivity index (χ2n) is 5.69. The number of Topliss-reactive ketones (excluding diaryl/α,β-unsaturated/α-hetero) is 1. The second kappa shape index (κ2) is 6.31. The summed E-state index contributed by atoms with van der Waals surface area (Å²) in [6, 6.07) is 8.51. The molecule has 0 spiro atoms. The highest BCUT2D eigenvalue weighted by atomic mass is 16.1. The van der Waals surface area contributed by atoms with Gasteiger partial charge < -0.3 is 9.80 Å². The van der Waals surface area contributed by atoms with Crippen LogP contribution in [0.5, 0.6) is 0 Å². The first-order valence-corrected chi connectivity index (χ1v) is 7.05. The molecule has 3 nitrogen and oxygen atoms in total. The Bertz CT molecular complexity index is 442. The first-order chi connectivity index (χ1) is 9.08. The highest BCUT2D eigenvalue weighted by Gasteiger charge is 2.24. The van der Waals surface area contributed by atoms with Crippen molar-refractivity contribution < 1.29 is 4.79 Å². The summed E-state index contributed by atoms with van der Waals surface area (Å²) in [5, 5.41) is 0. The topological polar surface area (TPSA) is 23.6 Å². The molecule has 0 saturated carbocycles. The van der Waals surface area contributed by atoms with Crippen LogP contribution >= 0.6 is 0 Å². The molecular weight excluding hydrogens is 236 g/mol. The van der Waals surface area contributed by atoms with Gasteiger partial charge in [-0.15, -0.1) is 0 Å². The maximum atomic E-state index is 12.2. The lowest BCUT2D eigenvalue weighted by atomic mass is 10.0. The van der Waals surface area contributed by atoms with E-state index in [0.29, 0.717) is 12.5 Å². The van der Waals surface area contributed by atoms with Crippen molar-refractivity contribution in [1.82, 2.24) is 9.80 Å². The molecule has 3 heteroatoms. The summed E-state index contributed by atoms with van der Waals surface area (Å²) in [5.74, 6) is 0.270. The van der Waals surface area contributed by atoms with Crippen LogP contribution in [0.15, 0.2) is 24.3 Å². The van der Waals surface area contributed by atoms with Gasteiger partial charge in [-0.3, -0.25) is 4.79 Å². The summed E-state index contributed by atoms with van der Waals surface area (Å²) in [4.78, 5) is 16.9. The highest BCUT2D eigenvalue weighted by molar-refractivity contribution is 5.97. The largest absolute Gasteiger partial charge is 0.305 e. The van der Waals surface area contributed by atoms with E-state index in [2.05, 4.69) is 23.9 Å². The minimum Gasteiger partial charge on any atom is -0.305 e. The van der Waals surface area contributed by atoms with E-state index in [1.165, 1.54) is 6.42 Å². The average Bonchev–Trinajstić information content (AvgIpc) is 2.85. The van der Waals surface area contributed by atoms with Gasteiger partial charge in [0.25, 0.3) is 0 Å². The Labute approximate surface area is 116 Å². The van der Waals surface area contributed by atoms with Crippen LogP contribution in [-0.4, -0.2) is 55.4 Å². The fourth-order valence-corrected chi connectivity index (χ4v) is 2.72. The van der Waals surface area contributed by atoms with Gasteiger partial charge in [-0.05, 0) is 39.5 Å². The number of rotatable bonds is 5. The van der Waals surface area contributed by atoms with Gasteiger partial charge in [-0.25, -0.2) is 0 Å². The van der Waals surface area contributed by atoms with Crippen molar-refractivity contribution in [2.45, 2.75) is 25.8 Å². The third-order valence-corrected chi connectivity index (χ3v) is 4.08. The Morgan fingerprint density at radius 2 is 2.11 bits per heavy atom. The van der Waals surface area contributed by atoms with E-state index in [4.69, 9.17) is 0 Å². The van der Waals surface area contributed by atoms with E-state index in [-0.39, 0.29) is 5.78 Å². The molecule has 0 aromatic heterocycles. The first kappa shape index (κ1) is 14.2. The van der Waals surface area contributed by atoms with Gasteiger partial charge in [-0.2, -0.15) is 0 Å². The van der Waals surface area contributed by atoms with Gasteiger partial charge >= 0.3 is 0 Å². The van der Waals surface area contributed by atoms with Crippen LogP contribution in [-0.2, 0) is 0 Å². The van der Waals surface area contributed by atoms with Crippen LogP contribution in [0.25, 0.3) is 0 Å². The van der Waals surface area contributed by atoms with Crippen LogP contribution in [0.4, 0.5) is 0 Å². The number of likely N-dealkylation sites (tertiary alicyclic amines) is 1. The Balaban J connectivity index is 1.84. The number of benzene rings is 1. The van der Waals surface area contributed by atoms with Crippen LogP contribution in [0.3, 0.4) is 0 Å². The molecule has 2 rings (SSSR count). The monoisotopic (exact) mass is 260 g/mol. The molecule has 0 bridgehead atoms. The van der Waals surface area contributed by atoms with E-state index in [1.54, 1.807) is 0 Å². The lowest BCUT2D eigenvalue weighted by Gasteiger charge is -2.20. The number of likely N-dealkylation sites (N-methyl/N-ethyl adjacent to an activating group) is 1. The van der Waals surface area contributed by atoms with Gasteiger partial charge in [0.05, 0.1) is 0 Å². The third-order valence-electron chi connectivity index (χ3n) is 4.08. The van der Waals surface area contributed by atoms with Crippen molar-refractivity contribution in [3.63, 3.8) is 0 Å². The normalized spacial score (nSPS) is 20.1. The number of ketones is 1. The minimum absolute atomic E-state index is 0.270. The Morgan fingerprint density at radius 1 is 1.37 bits per heavy atom. The molecule has 1 atom stereocenters. The van der Waals surface area contributed by atoms with Gasteiger partial charge in [0.2, 0.25) is 0 Å². The fraction of sp³-hybridized carbons (Fsp3) is 0.562. The van der Waals surface area contributed by atoms with Gasteiger partial charge in [0, 0.05) is 31.1 Å². The lowest BCUT2D eigenvalue weighted by molar-refractivity contribution is 0.0967. The number of carbonyl (C=O) groups excluding carboxylic acids is 1. The Morgan fingerprint density at radius 3 is 2.74 bits per heavy atom. The van der Waals surface area contributed by atoms with E-state index >= 15 is 0 Å². The van der Waals surface area contributed by atoms with Crippen molar-refractivity contribution >= 4 is 5.78 Å². The Kier molecular flexibility index (Phi) is 4.72. The number of hydrogen-bond acceptors (Lipinski definition) is 3. The smallest absolute Gasteiger partial charge is 0.164 e. The van der Waals surface area contributed by atoms with Crippen LogP contribution in [0, 0.1) is 6.92 Å². The molecular formula is C16H24N2O. The van der Waals surface area contributed by atoms with Crippen LogP contribution in [0.1, 0.15) is 28.8 Å². The van der Waals surface area contributed by atoms with E-state index in [9.17, 15) is 4.79 Å². The van der Waals surface area contributed by atoms with E-state index in [1.807, 2.05) is 31.2 Å². The number of aryl methyl sites for hydroxylation is 1. The number of carbonyl (C=O) groups is 1. The molecule has 0 radical (unpaired) electrons. The zero-order valence-electron chi connectivity index (χ0n) is 12.2. The van der Waals surface area contributed by atoms with Crippen LogP contribution in [0.2, 0.25) is 0 Å². The number of hydrogen-bond donors (Lipinski definition) is 0. The predicted molar refractivity (Wildman–Crippen MR) is 78.7 cm³/mol. The zero-order valence-corrected chi connectivity index (χ0v) is 12.2. The molecule has 104 valence electrons. The SMILES string of the molecule is Cc1ccccc1C(=O)CCN1CCC(N(C)C)C1. The maximum absolute atomic E-state index is 12.2. The number of nitrogens with zero attached hydrogens (tertiary/aromatic N) is 2. The highest BCUT2D eigenvalue weighted by Crippen LogP contribution is 2.15. The van der Waals surface area contributed by atoms with Gasteiger partial charge in [0.15, 0.2) is 5.78 Å². The average molecular weight is 260 g/mol. The zero-order chi connectivity index (χ0) is 13.8. The summed E-state index contributed by atoms with van der Waals surface area (Å²) in [6.07, 6.45) is 1.84. The molecule has 1 aliphatic rings. The molecule has 1 unspecified atom stereocenters. The summed E-state index contributed by atoms with van der Waals surface area (Å²) < 4.78 is 0. The van der Waals surface area contributed by atoms with Gasteiger partial charge in [0.1, 0.15) is 0 Å². The van der Waals surface area contributed by atoms with E-state index in [0.717, 1.165) is 30.8 Å². The van der Waals surface area contributed by atoms with Crippen LogP contribution < -0.4 is 0 Å². The molecule has 1 heterocycles. The predicted octanol–water partition coefficient (Wildman–Crippen LogP) is 2.20. The fourth-order valence-electron chi connectivity index (χ4n) is 2.72. The van der Waals surface area contributed by atoms with Gasteiger partial charge in [-0.1, -0.05) is 24.3 Å². The van der Waals surface area contributed by atoms with Crippen molar-refractivity contribution in [2.75, 3.05) is 33.7 Å². The summed E-state index contributed by atoms with van der Waals surface area (Å²) in [5.41, 5.74) is 1.96. The molecule has 1 aliphatic heterocycles. The summed E-state index contributed by atoms with van der Waals surface area (Å²) >= 11 is 0. The van der Waals surface area contributed by atoms with Crippen molar-refractivity contribution in [2.24, 2.45) is 0 Å². The standard InChI is InChI=1S/C16H24N2O/c1-13-6-4-5-7-15(13)16(19)9-11-18-10-8-14(12-18)17(2)3/h4-7,14H,8-12H2,1-3H3. The first-order valence-electron chi connectivity index (χ1n) is 7.05. The third kappa shape index (κ3) is 3.64. The molecule has 0 aliphatic carbocycles. The Hall–Kier alpha value is -1.19. The lowest BCUT2D eigenvalue weighted by Crippen LogP contribution is -2.32. The maximum Gasteiger partial charge on any atom is 0.164 e. The van der Waals surface area contributed by atoms with Crippen molar-refractivity contribution in [1.29, 1.82) is 0 Å². The minimum atomic E-state index is 0.270. The van der Waals surface area contributed by atoms with Crippen molar-refractivity contribution in [3.05, 3.63) is 35.4 Å². The quantitative estimate of drug-likeness (QED) is 0.758. The molecule has 0 N–H and O–H groups in total. The molecule has 19 heavy (non-hydrogen) atoms. The molecule has 1 fully saturated rings. The van der Waals surface area contributed by atoms with E-state index < -0.39 is 0 Å².